The number of thioether (sulfide) groups is 1. The summed E-state index contributed by atoms with van der Waals surface area (Å²) >= 11 is 6.96. The number of nitrogens with one attached hydrogen (secondary N) is 5. The predicted octanol–water partition coefficient (Wildman–Crippen LogP) is 31.5. The van der Waals surface area contributed by atoms with Gasteiger partial charge in [-0.25, -0.2) is 19.9 Å². The molecule has 0 aromatic heterocycles. The van der Waals surface area contributed by atoms with Gasteiger partial charge in [-0.1, -0.05) is 465 Å². The van der Waals surface area contributed by atoms with Gasteiger partial charge in [0.1, 0.15) is 21.0 Å². The normalized spacial score (nSPS) is 9.15. The minimum Gasteiger partial charge on any atom is -0.351 e. The van der Waals surface area contributed by atoms with Crippen LogP contribution in [0.3, 0.4) is 0 Å². The molecule has 0 fully saturated rings. The van der Waals surface area contributed by atoms with Crippen LogP contribution in [0.1, 0.15) is 212 Å². The molecule has 126 heavy (non-hydrogen) atoms. The number of amidine groups is 3. The molecule has 0 bridgehead atoms. The second-order valence-corrected chi connectivity index (χ2v) is 23.0. The zero-order valence-electron chi connectivity index (χ0n) is 78.8. The van der Waals surface area contributed by atoms with Gasteiger partial charge in [0.05, 0.1) is 11.4 Å². The van der Waals surface area contributed by atoms with Crippen LogP contribution in [0.15, 0.2) is 383 Å². The van der Waals surface area contributed by atoms with Crippen molar-refractivity contribution in [2.75, 3.05) is 27.5 Å². The molecule has 3 amide bonds. The quantitative estimate of drug-likeness (QED) is 0.0191. The van der Waals surface area contributed by atoms with E-state index in [1.54, 1.807) is 48.2 Å². The Kier molecular flexibility index (Phi) is 97.2. The molecule has 16 nitrogen and oxygen atoms in total. The first-order chi connectivity index (χ1) is 60.8. The third kappa shape index (κ3) is 64.4. The van der Waals surface area contributed by atoms with Gasteiger partial charge in [-0.15, -0.1) is 33.5 Å². The van der Waals surface area contributed by atoms with E-state index in [1.165, 1.54) is 5.56 Å². The molecular formula is C106H149ClN12O4S3. The molecule has 0 saturated heterocycles. The van der Waals surface area contributed by atoms with Crippen LogP contribution in [0, 0.1) is 6.57 Å². The molecular weight excluding hydrogens is 1640 g/mol. The number of aliphatic imine (C=N–C) groups is 2. The Labute approximate surface area is 778 Å². The average molecular weight is 1790 g/mol. The van der Waals surface area contributed by atoms with Crippen LogP contribution < -0.4 is 37.5 Å². The lowest BCUT2D eigenvalue weighted by molar-refractivity contribution is 0.102. The highest BCUT2D eigenvalue weighted by Gasteiger charge is 2.11. The fourth-order valence-corrected chi connectivity index (χ4v) is 9.78. The van der Waals surface area contributed by atoms with E-state index < -0.39 is 16.2 Å². The monoisotopic (exact) mass is 1790 g/mol. The lowest BCUT2D eigenvalue weighted by atomic mass is 10.2. The molecule has 0 radical (unpaired) electrons. The zero-order valence-corrected chi connectivity index (χ0v) is 82.1. The topological polar surface area (TPSA) is 234 Å². The summed E-state index contributed by atoms with van der Waals surface area (Å²) in [4.78, 5) is 35.5. The molecule has 0 heterocycles. The van der Waals surface area contributed by atoms with Gasteiger partial charge in [0, 0.05) is 56.1 Å². The number of hydrogen-bond donors (Lipinski definition) is 7. The number of benzene rings is 12. The van der Waals surface area contributed by atoms with Crippen molar-refractivity contribution in [2.45, 2.75) is 174 Å². The number of para-hydroxylation sites is 6. The maximum Gasteiger partial charge on any atom is 0.319 e. The number of nitrogens with zero attached hydrogens (tertiary/aromatic N) is 5. The van der Waals surface area contributed by atoms with Crippen LogP contribution in [0.25, 0.3) is 4.95 Å². The number of urea groups is 1. The van der Waals surface area contributed by atoms with Crippen molar-refractivity contribution in [3.8, 4) is 0 Å². The molecule has 12 aromatic rings. The minimum absolute atomic E-state index is 0. The molecule has 0 unspecified atom stereocenters. The number of carbonyl (C=O) groups excluding carboxylic acids is 2. The van der Waals surface area contributed by atoms with Gasteiger partial charge < -0.3 is 27.0 Å². The molecule has 682 valence electrons. The van der Waals surface area contributed by atoms with Crippen molar-refractivity contribution in [3.05, 3.63) is 409 Å². The third-order valence-electron chi connectivity index (χ3n) is 13.2. The number of carbonyl (C=O) groups is 2. The molecule has 12 aromatic carbocycles. The summed E-state index contributed by atoms with van der Waals surface area (Å²) in [5, 5.41) is 24.4. The van der Waals surface area contributed by atoms with E-state index in [0.29, 0.717) is 22.8 Å². The highest BCUT2D eigenvalue weighted by atomic mass is 35.5. The summed E-state index contributed by atoms with van der Waals surface area (Å²) in [6.45, 7) is 54.8. The minimum atomic E-state index is -3.97. The van der Waals surface area contributed by atoms with Gasteiger partial charge in [-0.3, -0.25) is 10.1 Å². The Morgan fingerprint density at radius 3 is 0.841 bits per heavy atom. The predicted molar refractivity (Wildman–Crippen MR) is 569 cm³/mol. The van der Waals surface area contributed by atoms with E-state index in [9.17, 15) is 18.0 Å². The summed E-state index contributed by atoms with van der Waals surface area (Å²) in [5.41, 5.74) is 15.6. The molecule has 0 saturated carbocycles. The fourth-order valence-electron chi connectivity index (χ4n) is 8.55. The molecule has 0 spiro atoms. The van der Waals surface area contributed by atoms with Crippen LogP contribution in [-0.4, -0.2) is 54.2 Å². The number of anilines is 4. The SMILES string of the molecule is C.CC.CC.CC.CC.CC.CC.CC.CC.CC.CC.CC.CC.CSC(=Nc1ccccc1)c1ccccc1.Cl.NC(=O)NC(=Nc1ccccc1)c1ccccc1.NS(=O)(=O)N=C(Nc1ccccc1)c1ccccc1.O=C(Nc1ccccc1)c1ccccc1.S=C(Nc1ccccc1)c1ccccc1.[C-]#[N+]/N=C(/Nc1ccccc1)c1ccccc1. The summed E-state index contributed by atoms with van der Waals surface area (Å²) < 4.78 is 25.8. The molecule has 12 rings (SSSR count). The maximum absolute atomic E-state index is 11.7. The standard InChI is InChI=1S/C14H13N3O.C14H11N3.C14H13NS.C13H13N3O2S.C13H11NO.C13H11NS.12C2H6.CH4.ClH/c15-14(18)17-13(11-7-3-1-4-8-11)16-12-9-5-2-6-10-12;1-15-17-14(12-8-4-2-5-9-12)16-13-10-6-3-7-11-13;1-16-14(12-8-4-2-5-9-12)15-13-10-6-3-7-11-13;14-19(17,18)16-13(11-7-3-1-4-8-11)15-12-9-5-2-6-10-12;2*15-13(11-7-3-1-4-8-11)14-12-9-5-2-6-10-12;12*1-2;;/h1-10H,(H3,15,16,17,18);2-11H,(H,16,17);2-11H,1H3;1-10H,(H,15,16)(H2,14,17,18);2*1-10H,(H,14,15);12*1-2H3;1H4;1H. The van der Waals surface area contributed by atoms with Crippen molar-refractivity contribution in [3.63, 3.8) is 0 Å². The largest absolute Gasteiger partial charge is 0.351 e. The first-order valence-electron chi connectivity index (χ1n) is 43.0. The maximum atomic E-state index is 11.7. The number of hydrogen-bond acceptors (Lipinski definition) is 9. The molecule has 0 aliphatic rings. The van der Waals surface area contributed by atoms with Crippen molar-refractivity contribution in [1.82, 2.24) is 5.32 Å². The van der Waals surface area contributed by atoms with Gasteiger partial charge in [0.2, 0.25) is 5.84 Å². The Morgan fingerprint density at radius 1 is 0.325 bits per heavy atom. The van der Waals surface area contributed by atoms with E-state index in [4.69, 9.17) is 29.7 Å². The molecule has 9 N–H and O–H groups in total. The second-order valence-electron chi connectivity index (χ2n) is 20.6. The molecule has 0 aliphatic carbocycles. The van der Waals surface area contributed by atoms with E-state index in [1.807, 2.05) is 482 Å². The number of amides is 3. The van der Waals surface area contributed by atoms with Gasteiger partial charge in [0.25, 0.3) is 5.91 Å². The van der Waals surface area contributed by atoms with E-state index in [-0.39, 0.29) is 31.6 Å². The summed E-state index contributed by atoms with van der Waals surface area (Å²) in [7, 11) is -3.97. The van der Waals surface area contributed by atoms with Crippen LogP contribution in [0.4, 0.5) is 38.9 Å². The summed E-state index contributed by atoms with van der Waals surface area (Å²) in [5.74, 6) is 1.11. The number of primary amides is 1. The first-order valence-corrected chi connectivity index (χ1v) is 46.1. The fraction of sp³-hybridized carbons (Fsp3) is 0.245. The van der Waals surface area contributed by atoms with Gasteiger partial charge in [-0.2, -0.15) is 15.0 Å². The Balaban J connectivity index is -0.000000210. The lowest BCUT2D eigenvalue weighted by Gasteiger charge is -2.09. The number of rotatable bonds is 13. The van der Waals surface area contributed by atoms with Crippen molar-refractivity contribution in [1.29, 1.82) is 0 Å². The summed E-state index contributed by atoms with van der Waals surface area (Å²) in [6.07, 6.45) is 2.05. The van der Waals surface area contributed by atoms with Crippen molar-refractivity contribution < 1.29 is 18.0 Å². The average Bonchev–Trinajstić information content (AvgIpc) is 0.869. The van der Waals surface area contributed by atoms with E-state index in [0.717, 1.165) is 60.8 Å². The van der Waals surface area contributed by atoms with Gasteiger partial charge >= 0.3 is 16.2 Å². The highest BCUT2D eigenvalue weighted by molar-refractivity contribution is 8.13. The Hall–Kier alpha value is -12.4. The Morgan fingerprint density at radius 2 is 0.556 bits per heavy atom. The highest BCUT2D eigenvalue weighted by Crippen LogP contribution is 2.20. The molecule has 0 atom stereocenters. The zero-order chi connectivity index (χ0) is 94.7. The second kappa shape index (κ2) is 94.8. The van der Waals surface area contributed by atoms with Crippen molar-refractivity contribution >= 4 is 120 Å². The number of thiocarbonyl (C=S) groups is 1. The number of nitrogens with two attached hydrogens (primary N) is 2. The molecule has 20 heteroatoms. The molecule has 0 aliphatic heterocycles. The van der Waals surface area contributed by atoms with Crippen LogP contribution >= 0.6 is 36.4 Å². The Bertz CT molecular complexity index is 4580. The number of halogens is 1. The van der Waals surface area contributed by atoms with Crippen molar-refractivity contribution in [2.24, 2.45) is 30.4 Å². The van der Waals surface area contributed by atoms with Crippen LogP contribution in [0.2, 0.25) is 0 Å². The van der Waals surface area contributed by atoms with Gasteiger partial charge in [-0.05, 0) is 91.2 Å². The van der Waals surface area contributed by atoms with E-state index >= 15 is 0 Å². The van der Waals surface area contributed by atoms with Gasteiger partial charge in [0.15, 0.2) is 5.84 Å². The van der Waals surface area contributed by atoms with E-state index in [2.05, 4.69) is 69.4 Å². The smallest absolute Gasteiger partial charge is 0.319 e. The van der Waals surface area contributed by atoms with Crippen LogP contribution in [-0.2, 0) is 10.2 Å². The lowest BCUT2D eigenvalue weighted by Crippen LogP contribution is -2.35. The van der Waals surface area contributed by atoms with Crippen LogP contribution in [0.5, 0.6) is 0 Å². The summed E-state index contributed by atoms with van der Waals surface area (Å²) in [6, 6.07) is 114. The first kappa shape index (κ1) is 129. The third-order valence-corrected chi connectivity index (χ3v) is 14.6.